The van der Waals surface area contributed by atoms with Gasteiger partial charge in [-0.25, -0.2) is 0 Å². The molecule has 0 aliphatic carbocycles. The molecule has 0 aliphatic rings. The smallest absolute Gasteiger partial charge is 0.129 e. The number of allylic oxidation sites excluding steroid dienone is 1. The largest absolute Gasteiger partial charge is 0.380 e. The zero-order chi connectivity index (χ0) is 11.9. The minimum atomic E-state index is -1.26. The molecule has 0 heterocycles. The molecule has 0 amide bonds. The number of rotatable bonds is 2. The van der Waals surface area contributed by atoms with E-state index in [-0.39, 0.29) is 0 Å². The van der Waals surface area contributed by atoms with Gasteiger partial charge in [0.2, 0.25) is 0 Å². The van der Waals surface area contributed by atoms with Crippen molar-refractivity contribution < 1.29 is 5.11 Å². The fraction of sp³-hybridized carbons (Fsp3) is 0.538. The first-order valence-corrected chi connectivity index (χ1v) is 8.66. The quantitative estimate of drug-likeness (QED) is 0.560. The molecule has 0 fully saturated rings. The lowest BCUT2D eigenvalue weighted by molar-refractivity contribution is 0.224. The zero-order valence-corrected chi connectivity index (χ0v) is 11.1. The van der Waals surface area contributed by atoms with Crippen LogP contribution in [0.1, 0.15) is 19.8 Å². The van der Waals surface area contributed by atoms with Crippen molar-refractivity contribution >= 4 is 8.07 Å². The standard InChI is InChI=1S/C13H20OSi/c1-12(2)9-10-13(14)8-6-7-11-15(3,4)5/h13-14H,1,6,8H2,2-5H3/t13-/m1/s1. The van der Waals surface area contributed by atoms with Gasteiger partial charge in [0, 0.05) is 6.42 Å². The van der Waals surface area contributed by atoms with Crippen LogP contribution in [0.3, 0.4) is 0 Å². The van der Waals surface area contributed by atoms with Crippen molar-refractivity contribution in [1.82, 2.24) is 0 Å². The molecule has 0 spiro atoms. The number of hydrogen-bond donors (Lipinski definition) is 1. The van der Waals surface area contributed by atoms with Crippen molar-refractivity contribution in [3.63, 3.8) is 0 Å². The molecule has 0 aliphatic heterocycles. The van der Waals surface area contributed by atoms with Gasteiger partial charge in [0.25, 0.3) is 0 Å². The summed E-state index contributed by atoms with van der Waals surface area (Å²) < 4.78 is 0. The highest BCUT2D eigenvalue weighted by Crippen LogP contribution is 1.99. The van der Waals surface area contributed by atoms with Gasteiger partial charge in [-0.15, -0.1) is 11.5 Å². The van der Waals surface area contributed by atoms with Gasteiger partial charge in [0.1, 0.15) is 14.2 Å². The molecule has 82 valence electrons. The molecule has 0 aromatic heterocycles. The number of aliphatic hydroxyl groups is 1. The number of hydrogen-bond acceptors (Lipinski definition) is 1. The Hall–Kier alpha value is -0.963. The van der Waals surface area contributed by atoms with Crippen molar-refractivity contribution in [2.45, 2.75) is 45.5 Å². The van der Waals surface area contributed by atoms with E-state index in [4.69, 9.17) is 0 Å². The van der Waals surface area contributed by atoms with Crippen LogP contribution in [0.2, 0.25) is 19.6 Å². The van der Waals surface area contributed by atoms with E-state index in [1.54, 1.807) is 0 Å². The first kappa shape index (κ1) is 14.0. The Morgan fingerprint density at radius 2 is 2.00 bits per heavy atom. The van der Waals surface area contributed by atoms with Crippen molar-refractivity contribution in [2.24, 2.45) is 0 Å². The highest BCUT2D eigenvalue weighted by molar-refractivity contribution is 6.83. The van der Waals surface area contributed by atoms with Crippen LogP contribution in [0.15, 0.2) is 12.2 Å². The summed E-state index contributed by atoms with van der Waals surface area (Å²) in [6.07, 6.45) is 0.770. The second kappa shape index (κ2) is 6.51. The molecule has 0 saturated carbocycles. The van der Waals surface area contributed by atoms with E-state index in [0.29, 0.717) is 6.42 Å². The van der Waals surface area contributed by atoms with Crippen LogP contribution in [0.25, 0.3) is 0 Å². The summed E-state index contributed by atoms with van der Waals surface area (Å²) in [6.45, 7) is 12.1. The fourth-order valence-corrected chi connectivity index (χ4v) is 1.47. The molecule has 0 radical (unpaired) electrons. The molecule has 0 bridgehead atoms. The molecule has 0 unspecified atom stereocenters. The van der Waals surface area contributed by atoms with E-state index < -0.39 is 14.2 Å². The monoisotopic (exact) mass is 220 g/mol. The summed E-state index contributed by atoms with van der Waals surface area (Å²) in [4.78, 5) is 0. The first-order chi connectivity index (χ1) is 6.81. The van der Waals surface area contributed by atoms with Crippen LogP contribution in [0, 0.1) is 23.3 Å². The van der Waals surface area contributed by atoms with Gasteiger partial charge in [-0.1, -0.05) is 38.1 Å². The van der Waals surface area contributed by atoms with Gasteiger partial charge in [-0.05, 0) is 18.9 Å². The van der Waals surface area contributed by atoms with Crippen molar-refractivity contribution in [2.75, 3.05) is 0 Å². The minimum Gasteiger partial charge on any atom is -0.380 e. The Labute approximate surface area is 94.6 Å². The topological polar surface area (TPSA) is 20.2 Å². The SMILES string of the molecule is C=C(C)C#C[C@H](O)CCC#C[Si](C)(C)C. The highest BCUT2D eigenvalue weighted by Gasteiger charge is 2.07. The summed E-state index contributed by atoms with van der Waals surface area (Å²) in [5.74, 6) is 8.60. The fourth-order valence-electron chi connectivity index (χ4n) is 0.815. The molecule has 0 aromatic carbocycles. The maximum atomic E-state index is 9.46. The Morgan fingerprint density at radius 1 is 1.40 bits per heavy atom. The maximum Gasteiger partial charge on any atom is 0.129 e. The predicted octanol–water partition coefficient (Wildman–Crippen LogP) is 2.59. The third kappa shape index (κ3) is 11.0. The van der Waals surface area contributed by atoms with Gasteiger partial charge in [0.15, 0.2) is 0 Å². The second-order valence-electron chi connectivity index (χ2n) is 4.66. The van der Waals surface area contributed by atoms with E-state index in [9.17, 15) is 5.11 Å². The summed E-state index contributed by atoms with van der Waals surface area (Å²) in [5.41, 5.74) is 4.03. The molecule has 1 N–H and O–H groups in total. The minimum absolute atomic E-state index is 0.572. The molecule has 2 heteroatoms. The molecular weight excluding hydrogens is 200 g/mol. The van der Waals surface area contributed by atoms with Crippen LogP contribution in [-0.2, 0) is 0 Å². The summed E-state index contributed by atoms with van der Waals surface area (Å²) >= 11 is 0. The Bertz CT molecular complexity index is 328. The van der Waals surface area contributed by atoms with Crippen LogP contribution in [0.4, 0.5) is 0 Å². The molecule has 0 rings (SSSR count). The molecule has 1 atom stereocenters. The first-order valence-electron chi connectivity index (χ1n) is 5.16. The van der Waals surface area contributed by atoms with Crippen LogP contribution in [0.5, 0.6) is 0 Å². The van der Waals surface area contributed by atoms with E-state index in [1.165, 1.54) is 0 Å². The van der Waals surface area contributed by atoms with Crippen LogP contribution >= 0.6 is 0 Å². The van der Waals surface area contributed by atoms with Crippen molar-refractivity contribution in [1.29, 1.82) is 0 Å². The van der Waals surface area contributed by atoms with E-state index in [0.717, 1.165) is 12.0 Å². The lowest BCUT2D eigenvalue weighted by Crippen LogP contribution is -2.16. The summed E-state index contributed by atoms with van der Waals surface area (Å²) in [6, 6.07) is 0. The predicted molar refractivity (Wildman–Crippen MR) is 69.0 cm³/mol. The van der Waals surface area contributed by atoms with Gasteiger partial charge in [0.05, 0.1) is 0 Å². The van der Waals surface area contributed by atoms with E-state index in [1.807, 2.05) is 6.92 Å². The Balaban J connectivity index is 3.93. The molecule has 1 nitrogen and oxygen atoms in total. The lowest BCUT2D eigenvalue weighted by atomic mass is 10.2. The van der Waals surface area contributed by atoms with E-state index in [2.05, 4.69) is 49.5 Å². The van der Waals surface area contributed by atoms with Crippen LogP contribution in [-0.4, -0.2) is 19.3 Å². The second-order valence-corrected chi connectivity index (χ2v) is 9.41. The summed E-state index contributed by atoms with van der Waals surface area (Å²) in [7, 11) is -1.26. The molecular formula is C13H20OSi. The number of aliphatic hydroxyl groups excluding tert-OH is 1. The Kier molecular flexibility index (Phi) is 6.09. The average Bonchev–Trinajstić information content (AvgIpc) is 2.07. The maximum absolute atomic E-state index is 9.46. The van der Waals surface area contributed by atoms with Crippen LogP contribution < -0.4 is 0 Å². The van der Waals surface area contributed by atoms with Gasteiger partial charge < -0.3 is 5.11 Å². The average molecular weight is 220 g/mol. The lowest BCUT2D eigenvalue weighted by Gasteiger charge is -2.03. The van der Waals surface area contributed by atoms with Gasteiger partial charge in [-0.3, -0.25) is 0 Å². The third-order valence-corrected chi connectivity index (χ3v) is 2.39. The molecule has 0 aromatic rings. The normalized spacial score (nSPS) is 11.8. The third-order valence-electron chi connectivity index (χ3n) is 1.46. The highest BCUT2D eigenvalue weighted by atomic mass is 28.3. The summed E-state index contributed by atoms with van der Waals surface area (Å²) in [5, 5.41) is 9.46. The zero-order valence-electron chi connectivity index (χ0n) is 10.1. The molecule has 0 saturated heterocycles. The van der Waals surface area contributed by atoms with Crippen molar-refractivity contribution in [3.8, 4) is 23.3 Å². The van der Waals surface area contributed by atoms with Gasteiger partial charge >= 0.3 is 0 Å². The van der Waals surface area contributed by atoms with Gasteiger partial charge in [-0.2, -0.15) is 0 Å². The molecule has 15 heavy (non-hydrogen) atoms. The van der Waals surface area contributed by atoms with E-state index >= 15 is 0 Å². The van der Waals surface area contributed by atoms with Crippen molar-refractivity contribution in [3.05, 3.63) is 12.2 Å². The Morgan fingerprint density at radius 3 is 2.47 bits per heavy atom.